The molecular weight excluding hydrogens is 286 g/mol. The highest BCUT2D eigenvalue weighted by Crippen LogP contribution is 2.16. The van der Waals surface area contributed by atoms with Crippen LogP contribution in [-0.2, 0) is 9.84 Å². The van der Waals surface area contributed by atoms with Gasteiger partial charge >= 0.3 is 0 Å². The molecule has 0 spiro atoms. The summed E-state index contributed by atoms with van der Waals surface area (Å²) in [6.07, 6.45) is 0. The van der Waals surface area contributed by atoms with Crippen LogP contribution in [0, 0.1) is 0 Å². The van der Waals surface area contributed by atoms with Crippen molar-refractivity contribution in [3.63, 3.8) is 0 Å². The van der Waals surface area contributed by atoms with Gasteiger partial charge in [0.15, 0.2) is 15.6 Å². The number of ketones is 1. The zero-order valence-corrected chi connectivity index (χ0v) is 12.2. The van der Waals surface area contributed by atoms with Crippen LogP contribution < -0.4 is 0 Å². The largest absolute Gasteiger partial charge is 0.292 e. The molecule has 1 aromatic carbocycles. The second-order valence-electron chi connectivity index (χ2n) is 4.74. The monoisotopic (exact) mass is 301 g/mol. The van der Waals surface area contributed by atoms with E-state index in [9.17, 15) is 13.2 Å². The molecule has 1 saturated heterocycles. The molecule has 6 heteroatoms. The molecule has 0 saturated carbocycles. The highest BCUT2D eigenvalue weighted by atomic mass is 35.5. The van der Waals surface area contributed by atoms with E-state index in [1.807, 2.05) is 4.90 Å². The van der Waals surface area contributed by atoms with Gasteiger partial charge in [0.2, 0.25) is 0 Å². The molecule has 1 unspecified atom stereocenters. The van der Waals surface area contributed by atoms with Crippen molar-refractivity contribution in [2.75, 3.05) is 24.6 Å². The summed E-state index contributed by atoms with van der Waals surface area (Å²) in [5, 5.41) is 0.527. The number of halogens is 1. The standard InChI is InChI=1S/C13H16ClNO3S/c1-10(15-5-7-19(17,18)8-6-15)13(16)11-3-2-4-12(14)9-11/h2-4,9-10H,5-8H2,1H3. The maximum absolute atomic E-state index is 12.3. The number of rotatable bonds is 3. The van der Waals surface area contributed by atoms with E-state index in [2.05, 4.69) is 0 Å². The van der Waals surface area contributed by atoms with E-state index in [0.717, 1.165) is 0 Å². The molecule has 0 bridgehead atoms. The average Bonchev–Trinajstić information content (AvgIpc) is 2.37. The van der Waals surface area contributed by atoms with Crippen LogP contribution in [0.3, 0.4) is 0 Å². The number of benzene rings is 1. The molecule has 0 aliphatic carbocycles. The first-order chi connectivity index (χ1) is 8.89. The van der Waals surface area contributed by atoms with Crippen LogP contribution in [0.4, 0.5) is 0 Å². The van der Waals surface area contributed by atoms with Gasteiger partial charge in [-0.05, 0) is 19.1 Å². The molecule has 2 rings (SSSR count). The quantitative estimate of drug-likeness (QED) is 0.797. The number of carbonyl (C=O) groups is 1. The van der Waals surface area contributed by atoms with Crippen molar-refractivity contribution in [3.05, 3.63) is 34.9 Å². The second kappa shape index (κ2) is 5.61. The maximum Gasteiger partial charge on any atom is 0.179 e. The van der Waals surface area contributed by atoms with Crippen LogP contribution in [0.15, 0.2) is 24.3 Å². The van der Waals surface area contributed by atoms with E-state index in [4.69, 9.17) is 11.6 Å². The molecular formula is C13H16ClNO3S. The third kappa shape index (κ3) is 3.55. The van der Waals surface area contributed by atoms with E-state index in [-0.39, 0.29) is 23.3 Å². The van der Waals surface area contributed by atoms with Gasteiger partial charge in [0.1, 0.15) is 0 Å². The Hall–Kier alpha value is -0.910. The molecule has 0 aromatic heterocycles. The smallest absolute Gasteiger partial charge is 0.179 e. The number of Topliss-reactive ketones (excluding diaryl/α,β-unsaturated/α-hetero) is 1. The second-order valence-corrected chi connectivity index (χ2v) is 7.48. The van der Waals surface area contributed by atoms with Crippen LogP contribution in [0.2, 0.25) is 5.02 Å². The molecule has 1 heterocycles. The Morgan fingerprint density at radius 1 is 1.32 bits per heavy atom. The van der Waals surface area contributed by atoms with Gasteiger partial charge in [-0.25, -0.2) is 8.42 Å². The predicted molar refractivity (Wildman–Crippen MR) is 75.5 cm³/mol. The molecule has 104 valence electrons. The van der Waals surface area contributed by atoms with Gasteiger partial charge in [0.25, 0.3) is 0 Å². The Bertz CT molecular complexity index is 571. The predicted octanol–water partition coefficient (Wildman–Crippen LogP) is 1.64. The topological polar surface area (TPSA) is 54.5 Å². The van der Waals surface area contributed by atoms with Gasteiger partial charge in [-0.1, -0.05) is 23.7 Å². The van der Waals surface area contributed by atoms with Crippen molar-refractivity contribution in [3.8, 4) is 0 Å². The van der Waals surface area contributed by atoms with Crippen LogP contribution in [0.25, 0.3) is 0 Å². The molecule has 1 aliphatic rings. The fourth-order valence-corrected chi connectivity index (χ4v) is 3.58. The summed E-state index contributed by atoms with van der Waals surface area (Å²) in [5.74, 6) is 0.224. The van der Waals surface area contributed by atoms with Gasteiger partial charge in [-0.3, -0.25) is 9.69 Å². The molecule has 1 fully saturated rings. The minimum Gasteiger partial charge on any atom is -0.292 e. The first-order valence-corrected chi connectivity index (χ1v) is 8.33. The van der Waals surface area contributed by atoms with E-state index in [1.54, 1.807) is 31.2 Å². The Kier molecular flexibility index (Phi) is 4.28. The lowest BCUT2D eigenvalue weighted by molar-refractivity contribution is 0.0849. The first kappa shape index (κ1) is 14.5. The molecule has 1 aromatic rings. The maximum atomic E-state index is 12.3. The number of hydrogen-bond donors (Lipinski definition) is 0. The summed E-state index contributed by atoms with van der Waals surface area (Å²) in [4.78, 5) is 14.2. The highest BCUT2D eigenvalue weighted by molar-refractivity contribution is 7.91. The fourth-order valence-electron chi connectivity index (χ4n) is 2.16. The Morgan fingerprint density at radius 2 is 1.95 bits per heavy atom. The molecule has 0 amide bonds. The van der Waals surface area contributed by atoms with Crippen LogP contribution in [0.1, 0.15) is 17.3 Å². The fraction of sp³-hybridized carbons (Fsp3) is 0.462. The van der Waals surface area contributed by atoms with E-state index < -0.39 is 9.84 Å². The van der Waals surface area contributed by atoms with Gasteiger partial charge in [-0.15, -0.1) is 0 Å². The first-order valence-electron chi connectivity index (χ1n) is 6.13. The van der Waals surface area contributed by atoms with E-state index in [0.29, 0.717) is 23.7 Å². The van der Waals surface area contributed by atoms with Crippen LogP contribution >= 0.6 is 11.6 Å². The average molecular weight is 302 g/mol. The van der Waals surface area contributed by atoms with Crippen molar-refractivity contribution in [2.24, 2.45) is 0 Å². The van der Waals surface area contributed by atoms with Gasteiger partial charge < -0.3 is 0 Å². The van der Waals surface area contributed by atoms with E-state index in [1.165, 1.54) is 0 Å². The summed E-state index contributed by atoms with van der Waals surface area (Å²) < 4.78 is 22.7. The molecule has 1 atom stereocenters. The lowest BCUT2D eigenvalue weighted by Crippen LogP contribution is -2.47. The van der Waals surface area contributed by atoms with Crippen LogP contribution in [0.5, 0.6) is 0 Å². The third-order valence-corrected chi connectivity index (χ3v) is 5.26. The van der Waals surface area contributed by atoms with Crippen LogP contribution in [-0.4, -0.2) is 49.7 Å². The van der Waals surface area contributed by atoms with Gasteiger partial charge in [-0.2, -0.15) is 0 Å². The summed E-state index contributed by atoms with van der Waals surface area (Å²) in [6.45, 7) is 2.63. The third-order valence-electron chi connectivity index (χ3n) is 3.42. The lowest BCUT2D eigenvalue weighted by Gasteiger charge is -2.31. The van der Waals surface area contributed by atoms with Crippen molar-refractivity contribution >= 4 is 27.2 Å². The molecule has 19 heavy (non-hydrogen) atoms. The SMILES string of the molecule is CC(C(=O)c1cccc(Cl)c1)N1CCS(=O)(=O)CC1. The lowest BCUT2D eigenvalue weighted by atomic mass is 10.0. The van der Waals surface area contributed by atoms with Gasteiger partial charge in [0.05, 0.1) is 17.5 Å². The van der Waals surface area contributed by atoms with Gasteiger partial charge in [0, 0.05) is 23.7 Å². The van der Waals surface area contributed by atoms with Crippen molar-refractivity contribution in [1.82, 2.24) is 4.90 Å². The summed E-state index contributed by atoms with van der Waals surface area (Å²) in [7, 11) is -2.92. The molecule has 0 N–H and O–H groups in total. The Balaban J connectivity index is 2.08. The zero-order chi connectivity index (χ0) is 14.0. The minimum atomic E-state index is -2.92. The van der Waals surface area contributed by atoms with E-state index >= 15 is 0 Å². The number of sulfone groups is 1. The number of nitrogens with zero attached hydrogens (tertiary/aromatic N) is 1. The summed E-state index contributed by atoms with van der Waals surface area (Å²) in [6, 6.07) is 6.50. The Labute approximate surface area is 118 Å². The number of hydrogen-bond acceptors (Lipinski definition) is 4. The number of carbonyl (C=O) groups excluding carboxylic acids is 1. The zero-order valence-electron chi connectivity index (χ0n) is 10.7. The van der Waals surface area contributed by atoms with Crippen molar-refractivity contribution in [1.29, 1.82) is 0 Å². The molecule has 1 aliphatic heterocycles. The Morgan fingerprint density at radius 3 is 2.53 bits per heavy atom. The normalized spacial score (nSPS) is 20.9. The minimum absolute atomic E-state index is 0.0261. The van der Waals surface area contributed by atoms with Crippen molar-refractivity contribution < 1.29 is 13.2 Å². The summed E-state index contributed by atoms with van der Waals surface area (Å²) >= 11 is 5.87. The van der Waals surface area contributed by atoms with Crippen molar-refractivity contribution in [2.45, 2.75) is 13.0 Å². The highest BCUT2D eigenvalue weighted by Gasteiger charge is 2.28. The summed E-state index contributed by atoms with van der Waals surface area (Å²) in [5.41, 5.74) is 0.563. The molecule has 4 nitrogen and oxygen atoms in total. The molecule has 0 radical (unpaired) electrons.